The van der Waals surface area contributed by atoms with E-state index in [4.69, 9.17) is 0 Å². The maximum Gasteiger partial charge on any atom is 0.212 e. The molecule has 0 fully saturated rings. The van der Waals surface area contributed by atoms with E-state index in [9.17, 15) is 8.42 Å². The van der Waals surface area contributed by atoms with E-state index in [1.165, 1.54) is 6.26 Å². The molecule has 1 aromatic rings. The lowest BCUT2D eigenvalue weighted by molar-refractivity contribution is 0.411. The van der Waals surface area contributed by atoms with Crippen molar-refractivity contribution in [3.63, 3.8) is 0 Å². The van der Waals surface area contributed by atoms with Crippen LogP contribution >= 0.6 is 0 Å². The first-order valence-corrected chi connectivity index (χ1v) is 6.86. The summed E-state index contributed by atoms with van der Waals surface area (Å²) < 4.78 is 30.0. The van der Waals surface area contributed by atoms with Gasteiger partial charge in [-0.15, -0.1) is 0 Å². The van der Waals surface area contributed by atoms with Crippen molar-refractivity contribution >= 4 is 10.0 Å². The van der Waals surface area contributed by atoms with Crippen LogP contribution in [0, 0.1) is 0 Å². The Morgan fingerprint density at radius 1 is 1.50 bits per heavy atom. The first kappa shape index (κ1) is 13.1. The molecule has 0 saturated carbocycles. The van der Waals surface area contributed by atoms with E-state index >= 15 is 0 Å². The van der Waals surface area contributed by atoms with Gasteiger partial charge in [-0.25, -0.2) is 13.1 Å². The molecular weight excluding hydrogens is 230 g/mol. The van der Waals surface area contributed by atoms with Crippen molar-refractivity contribution in [3.05, 3.63) is 18.0 Å². The van der Waals surface area contributed by atoms with E-state index in [0.717, 1.165) is 6.54 Å². The lowest BCUT2D eigenvalue weighted by Crippen LogP contribution is -2.28. The normalized spacial score (nSPS) is 11.8. The van der Waals surface area contributed by atoms with Crippen molar-refractivity contribution in [1.29, 1.82) is 0 Å². The molecule has 0 radical (unpaired) electrons. The molecular formula is C9H17N3O3S. The molecule has 0 amide bonds. The summed E-state index contributed by atoms with van der Waals surface area (Å²) in [6.07, 6.45) is 2.01. The van der Waals surface area contributed by atoms with Crippen LogP contribution in [-0.4, -0.2) is 32.4 Å². The van der Waals surface area contributed by atoms with Gasteiger partial charge in [0.1, 0.15) is 6.26 Å². The molecule has 0 bridgehead atoms. The molecule has 0 aliphatic rings. The van der Waals surface area contributed by atoms with Crippen LogP contribution in [0.3, 0.4) is 0 Å². The van der Waals surface area contributed by atoms with Gasteiger partial charge in [-0.05, 0) is 19.5 Å². The van der Waals surface area contributed by atoms with Gasteiger partial charge in [0.15, 0.2) is 0 Å². The SMILES string of the molecule is CCNCCCS(=O)(=O)NCc1ccon1. The van der Waals surface area contributed by atoms with Gasteiger partial charge >= 0.3 is 0 Å². The van der Waals surface area contributed by atoms with Gasteiger partial charge in [-0.2, -0.15) is 0 Å². The Labute approximate surface area is 95.4 Å². The molecule has 0 atom stereocenters. The van der Waals surface area contributed by atoms with Gasteiger partial charge in [0.25, 0.3) is 0 Å². The second kappa shape index (κ2) is 6.62. The van der Waals surface area contributed by atoms with Crippen molar-refractivity contribution in [1.82, 2.24) is 15.2 Å². The van der Waals surface area contributed by atoms with Crippen molar-refractivity contribution in [2.24, 2.45) is 0 Å². The number of sulfonamides is 1. The summed E-state index contributed by atoms with van der Waals surface area (Å²) in [6.45, 7) is 3.73. The molecule has 0 saturated heterocycles. The third-order valence-corrected chi connectivity index (χ3v) is 3.39. The fourth-order valence-corrected chi connectivity index (χ4v) is 2.19. The number of aromatic nitrogens is 1. The molecule has 92 valence electrons. The molecule has 0 spiro atoms. The molecule has 1 rings (SSSR count). The molecule has 0 aliphatic carbocycles. The van der Waals surface area contributed by atoms with E-state index in [1.54, 1.807) is 6.07 Å². The van der Waals surface area contributed by atoms with Crippen molar-refractivity contribution in [3.8, 4) is 0 Å². The predicted molar refractivity (Wildman–Crippen MR) is 60.3 cm³/mol. The Bertz CT molecular complexity index is 375. The first-order chi connectivity index (χ1) is 7.64. The molecule has 0 unspecified atom stereocenters. The third-order valence-electron chi connectivity index (χ3n) is 1.98. The Morgan fingerprint density at radius 3 is 2.94 bits per heavy atom. The zero-order valence-corrected chi connectivity index (χ0v) is 10.1. The molecule has 1 heterocycles. The van der Waals surface area contributed by atoms with Gasteiger partial charge in [0.05, 0.1) is 18.0 Å². The highest BCUT2D eigenvalue weighted by atomic mass is 32.2. The van der Waals surface area contributed by atoms with Gasteiger partial charge in [0, 0.05) is 6.07 Å². The van der Waals surface area contributed by atoms with Gasteiger partial charge in [0.2, 0.25) is 10.0 Å². The van der Waals surface area contributed by atoms with Crippen molar-refractivity contribution < 1.29 is 12.9 Å². The van der Waals surface area contributed by atoms with Crippen LogP contribution in [0.15, 0.2) is 16.9 Å². The average Bonchev–Trinajstić information content (AvgIpc) is 2.75. The zero-order valence-electron chi connectivity index (χ0n) is 9.27. The fourth-order valence-electron chi connectivity index (χ4n) is 1.15. The van der Waals surface area contributed by atoms with Gasteiger partial charge in [-0.1, -0.05) is 12.1 Å². The summed E-state index contributed by atoms with van der Waals surface area (Å²) in [5.41, 5.74) is 0.579. The van der Waals surface area contributed by atoms with Crippen LogP contribution in [0.2, 0.25) is 0 Å². The molecule has 1 aromatic heterocycles. The van der Waals surface area contributed by atoms with E-state index in [-0.39, 0.29) is 12.3 Å². The maximum atomic E-state index is 11.5. The standard InChI is InChI=1S/C9H17N3O3S/c1-2-10-5-3-7-16(13,14)11-8-9-4-6-15-12-9/h4,6,10-11H,2-3,5,7-8H2,1H3. The van der Waals surface area contributed by atoms with E-state index < -0.39 is 10.0 Å². The minimum Gasteiger partial charge on any atom is -0.364 e. The van der Waals surface area contributed by atoms with E-state index in [2.05, 4.69) is 19.7 Å². The minimum atomic E-state index is -3.21. The second-order valence-corrected chi connectivity index (χ2v) is 5.26. The molecule has 7 heteroatoms. The maximum absolute atomic E-state index is 11.5. The van der Waals surface area contributed by atoms with Crippen LogP contribution in [0.1, 0.15) is 19.0 Å². The monoisotopic (exact) mass is 247 g/mol. The zero-order chi connectivity index (χ0) is 11.9. The largest absolute Gasteiger partial charge is 0.364 e. The van der Waals surface area contributed by atoms with Crippen LogP contribution < -0.4 is 10.0 Å². The number of hydrogen-bond donors (Lipinski definition) is 2. The average molecular weight is 247 g/mol. The molecule has 0 aliphatic heterocycles. The quantitative estimate of drug-likeness (QED) is 0.636. The van der Waals surface area contributed by atoms with Crippen LogP contribution in [0.4, 0.5) is 0 Å². The lowest BCUT2D eigenvalue weighted by atomic mass is 10.4. The van der Waals surface area contributed by atoms with Crippen LogP contribution in [0.25, 0.3) is 0 Å². The summed E-state index contributed by atoms with van der Waals surface area (Å²) in [5, 5.41) is 6.69. The molecule has 2 N–H and O–H groups in total. The van der Waals surface area contributed by atoms with E-state index in [1.807, 2.05) is 6.92 Å². The van der Waals surface area contributed by atoms with E-state index in [0.29, 0.717) is 18.7 Å². The highest BCUT2D eigenvalue weighted by molar-refractivity contribution is 7.89. The fraction of sp³-hybridized carbons (Fsp3) is 0.667. The molecule has 16 heavy (non-hydrogen) atoms. The summed E-state index contributed by atoms with van der Waals surface area (Å²) in [5.74, 6) is 0.123. The molecule has 6 nitrogen and oxygen atoms in total. The van der Waals surface area contributed by atoms with Crippen molar-refractivity contribution in [2.45, 2.75) is 19.9 Å². The van der Waals surface area contributed by atoms with Crippen LogP contribution in [0.5, 0.6) is 0 Å². The molecule has 0 aromatic carbocycles. The second-order valence-electron chi connectivity index (χ2n) is 3.34. The summed E-state index contributed by atoms with van der Waals surface area (Å²) in [4.78, 5) is 0. The number of nitrogens with one attached hydrogen (secondary N) is 2. The summed E-state index contributed by atoms with van der Waals surface area (Å²) >= 11 is 0. The first-order valence-electron chi connectivity index (χ1n) is 5.21. The lowest BCUT2D eigenvalue weighted by Gasteiger charge is -2.05. The van der Waals surface area contributed by atoms with Gasteiger partial charge < -0.3 is 9.84 Å². The summed E-state index contributed by atoms with van der Waals surface area (Å²) in [6, 6.07) is 1.63. The number of nitrogens with zero attached hydrogens (tertiary/aromatic N) is 1. The topological polar surface area (TPSA) is 84.2 Å². The summed E-state index contributed by atoms with van der Waals surface area (Å²) in [7, 11) is -3.21. The van der Waals surface area contributed by atoms with Gasteiger partial charge in [-0.3, -0.25) is 0 Å². The number of rotatable bonds is 8. The predicted octanol–water partition coefficient (Wildman–Crippen LogP) is 0.0936. The van der Waals surface area contributed by atoms with Crippen molar-refractivity contribution in [2.75, 3.05) is 18.8 Å². The van der Waals surface area contributed by atoms with Crippen LogP contribution in [-0.2, 0) is 16.6 Å². The third kappa shape index (κ3) is 5.24. The Kier molecular flexibility index (Phi) is 5.44. The highest BCUT2D eigenvalue weighted by Crippen LogP contribution is 1.96. The minimum absolute atomic E-state index is 0.123. The number of hydrogen-bond acceptors (Lipinski definition) is 5. The smallest absolute Gasteiger partial charge is 0.212 e. The Hall–Kier alpha value is -0.920. The Balaban J connectivity index is 2.23. The Morgan fingerprint density at radius 2 is 2.31 bits per heavy atom. The highest BCUT2D eigenvalue weighted by Gasteiger charge is 2.09.